The molecule has 4 nitrogen and oxygen atoms in total. The van der Waals surface area contributed by atoms with E-state index in [1.54, 1.807) is 0 Å². The lowest BCUT2D eigenvalue weighted by atomic mass is 9.90. The van der Waals surface area contributed by atoms with Gasteiger partial charge in [0.2, 0.25) is 0 Å². The third-order valence-corrected chi connectivity index (χ3v) is 4.09. The molecule has 1 saturated carbocycles. The van der Waals surface area contributed by atoms with Gasteiger partial charge in [-0.1, -0.05) is 31.4 Å². The molecule has 0 aromatic heterocycles. The lowest BCUT2D eigenvalue weighted by molar-refractivity contribution is -0.142. The molecule has 1 atom stereocenters. The van der Waals surface area contributed by atoms with Crippen LogP contribution in [-0.2, 0) is 16.0 Å². The molecule has 1 aromatic carbocycles. The Morgan fingerprint density at radius 1 is 1.24 bits per heavy atom. The van der Waals surface area contributed by atoms with Crippen LogP contribution in [0.2, 0.25) is 0 Å². The van der Waals surface area contributed by atoms with Crippen molar-refractivity contribution in [2.75, 3.05) is 13.7 Å². The van der Waals surface area contributed by atoms with Gasteiger partial charge in [-0.05, 0) is 42.9 Å². The monoisotopic (exact) mass is 291 g/mol. The fraction of sp³-hybridized carbons (Fsp3) is 0.588. The molecule has 21 heavy (non-hydrogen) atoms. The van der Waals surface area contributed by atoms with E-state index in [9.17, 15) is 4.79 Å². The maximum absolute atomic E-state index is 11.3. The Bertz CT molecular complexity index is 438. The van der Waals surface area contributed by atoms with E-state index in [4.69, 9.17) is 10.5 Å². The first kappa shape index (κ1) is 15.8. The average molecular weight is 291 g/mol. The van der Waals surface area contributed by atoms with Gasteiger partial charge in [-0.2, -0.15) is 0 Å². The summed E-state index contributed by atoms with van der Waals surface area (Å²) in [4.78, 5) is 11.3. The Hall–Kier alpha value is -1.55. The minimum Gasteiger partial charge on any atom is -0.493 e. The molecule has 1 aliphatic carbocycles. The molecule has 4 heteroatoms. The minimum atomic E-state index is -0.607. The largest absolute Gasteiger partial charge is 0.493 e. The van der Waals surface area contributed by atoms with Crippen LogP contribution in [-0.4, -0.2) is 25.7 Å². The zero-order valence-corrected chi connectivity index (χ0v) is 12.7. The van der Waals surface area contributed by atoms with E-state index in [1.807, 2.05) is 24.3 Å². The Kier molecular flexibility index (Phi) is 6.05. The van der Waals surface area contributed by atoms with Crippen LogP contribution < -0.4 is 10.5 Å². The molecule has 0 radical (unpaired) electrons. The Morgan fingerprint density at radius 2 is 1.90 bits per heavy atom. The van der Waals surface area contributed by atoms with Crippen molar-refractivity contribution in [3.63, 3.8) is 0 Å². The van der Waals surface area contributed by atoms with Gasteiger partial charge in [0.15, 0.2) is 0 Å². The average Bonchev–Trinajstić information content (AvgIpc) is 2.54. The van der Waals surface area contributed by atoms with Gasteiger partial charge in [-0.25, -0.2) is 0 Å². The van der Waals surface area contributed by atoms with Crippen LogP contribution in [0.4, 0.5) is 0 Å². The second-order valence-electron chi connectivity index (χ2n) is 5.79. The number of nitrogens with two attached hydrogens (primary N) is 1. The van der Waals surface area contributed by atoms with Crippen molar-refractivity contribution in [3.8, 4) is 5.75 Å². The fourth-order valence-corrected chi connectivity index (χ4v) is 2.78. The summed E-state index contributed by atoms with van der Waals surface area (Å²) in [5.74, 6) is 1.20. The van der Waals surface area contributed by atoms with Gasteiger partial charge in [0, 0.05) is 0 Å². The number of hydrogen-bond acceptors (Lipinski definition) is 4. The van der Waals surface area contributed by atoms with Crippen LogP contribution in [0.1, 0.15) is 37.7 Å². The zero-order valence-electron chi connectivity index (χ0n) is 12.7. The summed E-state index contributed by atoms with van der Waals surface area (Å²) in [7, 11) is 1.35. The number of esters is 1. The molecule has 2 rings (SSSR count). The highest BCUT2D eigenvalue weighted by atomic mass is 16.5. The standard InChI is InChI=1S/C17H25NO3/c1-20-17(19)16(18)11-13-7-9-15(10-8-13)21-12-14-5-3-2-4-6-14/h7-10,14,16H,2-6,11-12,18H2,1H3. The summed E-state index contributed by atoms with van der Waals surface area (Å²) in [6, 6.07) is 7.20. The van der Waals surface area contributed by atoms with Gasteiger partial charge in [-0.15, -0.1) is 0 Å². The molecule has 2 N–H and O–H groups in total. The quantitative estimate of drug-likeness (QED) is 0.819. The molecular formula is C17H25NO3. The van der Waals surface area contributed by atoms with E-state index in [2.05, 4.69) is 4.74 Å². The van der Waals surface area contributed by atoms with Gasteiger partial charge < -0.3 is 15.2 Å². The summed E-state index contributed by atoms with van der Waals surface area (Å²) in [6.45, 7) is 0.807. The number of carbonyl (C=O) groups excluding carboxylic acids is 1. The number of benzene rings is 1. The summed E-state index contributed by atoms with van der Waals surface area (Å²) in [6.07, 6.45) is 7.08. The normalized spacial score (nSPS) is 17.2. The molecule has 1 unspecified atom stereocenters. The fourth-order valence-electron chi connectivity index (χ4n) is 2.78. The number of rotatable bonds is 6. The van der Waals surface area contributed by atoms with E-state index in [0.717, 1.165) is 17.9 Å². The van der Waals surface area contributed by atoms with Crippen LogP contribution in [0.3, 0.4) is 0 Å². The second-order valence-corrected chi connectivity index (χ2v) is 5.79. The van der Waals surface area contributed by atoms with Gasteiger partial charge >= 0.3 is 5.97 Å². The van der Waals surface area contributed by atoms with Gasteiger partial charge in [0.1, 0.15) is 11.8 Å². The first-order chi connectivity index (χ1) is 10.2. The van der Waals surface area contributed by atoms with E-state index >= 15 is 0 Å². The maximum atomic E-state index is 11.3. The first-order valence-electron chi connectivity index (χ1n) is 7.74. The molecular weight excluding hydrogens is 266 g/mol. The highest BCUT2D eigenvalue weighted by Crippen LogP contribution is 2.24. The number of hydrogen-bond donors (Lipinski definition) is 1. The summed E-state index contributed by atoms with van der Waals surface area (Å²) >= 11 is 0. The molecule has 1 fully saturated rings. The minimum absolute atomic E-state index is 0.382. The lowest BCUT2D eigenvalue weighted by Gasteiger charge is -2.21. The summed E-state index contributed by atoms with van der Waals surface area (Å²) in [5.41, 5.74) is 6.76. The Labute approximate surface area is 126 Å². The lowest BCUT2D eigenvalue weighted by Crippen LogP contribution is -2.33. The maximum Gasteiger partial charge on any atom is 0.322 e. The third kappa shape index (κ3) is 5.05. The topological polar surface area (TPSA) is 61.5 Å². The number of carbonyl (C=O) groups is 1. The Morgan fingerprint density at radius 3 is 2.52 bits per heavy atom. The van der Waals surface area contributed by atoms with Gasteiger partial charge in [-0.3, -0.25) is 4.79 Å². The van der Waals surface area contributed by atoms with Crippen molar-refractivity contribution in [1.29, 1.82) is 0 Å². The first-order valence-corrected chi connectivity index (χ1v) is 7.74. The highest BCUT2D eigenvalue weighted by Gasteiger charge is 2.15. The van der Waals surface area contributed by atoms with Crippen molar-refractivity contribution in [1.82, 2.24) is 0 Å². The van der Waals surface area contributed by atoms with Crippen molar-refractivity contribution in [3.05, 3.63) is 29.8 Å². The molecule has 0 saturated heterocycles. The SMILES string of the molecule is COC(=O)C(N)Cc1ccc(OCC2CCCCC2)cc1. The molecule has 0 bridgehead atoms. The van der Waals surface area contributed by atoms with Gasteiger partial charge in [0.25, 0.3) is 0 Å². The smallest absolute Gasteiger partial charge is 0.322 e. The highest BCUT2D eigenvalue weighted by molar-refractivity contribution is 5.75. The summed E-state index contributed by atoms with van der Waals surface area (Å²) < 4.78 is 10.5. The predicted octanol–water partition coefficient (Wildman–Crippen LogP) is 2.69. The number of ether oxygens (including phenoxy) is 2. The van der Waals surface area contributed by atoms with E-state index < -0.39 is 6.04 Å². The van der Waals surface area contributed by atoms with Crippen molar-refractivity contribution >= 4 is 5.97 Å². The van der Waals surface area contributed by atoms with Crippen molar-refractivity contribution < 1.29 is 14.3 Å². The molecule has 116 valence electrons. The molecule has 0 amide bonds. The Balaban J connectivity index is 1.79. The van der Waals surface area contributed by atoms with Crippen LogP contribution in [0.5, 0.6) is 5.75 Å². The molecule has 1 aromatic rings. The third-order valence-electron chi connectivity index (χ3n) is 4.09. The van der Waals surface area contributed by atoms with Crippen LogP contribution >= 0.6 is 0 Å². The molecule has 1 aliphatic rings. The van der Waals surface area contributed by atoms with Gasteiger partial charge in [0.05, 0.1) is 13.7 Å². The van der Waals surface area contributed by atoms with E-state index in [0.29, 0.717) is 12.3 Å². The van der Waals surface area contributed by atoms with Crippen LogP contribution in [0.15, 0.2) is 24.3 Å². The van der Waals surface area contributed by atoms with Crippen molar-refractivity contribution in [2.24, 2.45) is 11.7 Å². The molecule has 0 heterocycles. The second kappa shape index (κ2) is 8.03. The van der Waals surface area contributed by atoms with Crippen molar-refractivity contribution in [2.45, 2.75) is 44.6 Å². The van der Waals surface area contributed by atoms with E-state index in [1.165, 1.54) is 39.2 Å². The molecule has 0 spiro atoms. The zero-order chi connectivity index (χ0) is 15.1. The summed E-state index contributed by atoms with van der Waals surface area (Å²) in [5, 5.41) is 0. The van der Waals surface area contributed by atoms with E-state index in [-0.39, 0.29) is 5.97 Å². The predicted molar refractivity (Wildman–Crippen MR) is 82.2 cm³/mol. The van der Waals surface area contributed by atoms with Crippen LogP contribution in [0.25, 0.3) is 0 Å². The molecule has 0 aliphatic heterocycles. The number of methoxy groups -OCH3 is 1. The van der Waals surface area contributed by atoms with Crippen LogP contribution in [0, 0.1) is 5.92 Å².